The van der Waals surface area contributed by atoms with Crippen molar-refractivity contribution in [2.75, 3.05) is 13.2 Å². The Morgan fingerprint density at radius 2 is 2.29 bits per heavy atom. The maximum atomic E-state index is 8.59. The number of nitrogens with one attached hydrogen (secondary N) is 1. The number of aliphatic hydroxyl groups is 1. The average Bonchev–Trinajstić information content (AvgIpc) is 2.46. The lowest BCUT2D eigenvalue weighted by molar-refractivity contribution is 0.283. The molecule has 1 rings (SSSR count). The van der Waals surface area contributed by atoms with Gasteiger partial charge in [-0.1, -0.05) is 0 Å². The van der Waals surface area contributed by atoms with Crippen molar-refractivity contribution in [3.63, 3.8) is 0 Å². The molecule has 0 aromatic carbocycles. The zero-order valence-corrected chi connectivity index (χ0v) is 10.7. The number of aryl methyl sites for hydroxylation is 1. The van der Waals surface area contributed by atoms with Gasteiger partial charge in [-0.3, -0.25) is 0 Å². The third-order valence-corrected chi connectivity index (χ3v) is 4.11. The van der Waals surface area contributed by atoms with E-state index in [0.717, 1.165) is 25.9 Å². The van der Waals surface area contributed by atoms with Crippen LogP contribution in [-0.2, 0) is 6.54 Å². The van der Waals surface area contributed by atoms with E-state index in [9.17, 15) is 0 Å². The Labute approximate surface area is 97.5 Å². The van der Waals surface area contributed by atoms with E-state index >= 15 is 0 Å². The molecule has 80 valence electrons. The molecule has 0 amide bonds. The number of thiophene rings is 1. The maximum Gasteiger partial charge on any atom is 0.0431 e. The zero-order valence-electron chi connectivity index (χ0n) is 8.35. The van der Waals surface area contributed by atoms with Gasteiger partial charge in [0.15, 0.2) is 0 Å². The summed E-state index contributed by atoms with van der Waals surface area (Å²) in [5, 5.41) is 11.9. The van der Waals surface area contributed by atoms with E-state index in [-0.39, 0.29) is 0 Å². The fourth-order valence-electron chi connectivity index (χ4n) is 1.18. The highest BCUT2D eigenvalue weighted by Crippen LogP contribution is 2.25. The number of hydrogen-bond donors (Lipinski definition) is 2. The van der Waals surface area contributed by atoms with Crippen molar-refractivity contribution < 1.29 is 5.11 Å². The first-order valence-corrected chi connectivity index (χ1v) is 6.41. The Morgan fingerprint density at radius 1 is 1.50 bits per heavy atom. The number of hydrogen-bond acceptors (Lipinski definition) is 3. The molecule has 4 heteroatoms. The molecule has 0 saturated heterocycles. The molecule has 0 bridgehead atoms. The minimum atomic E-state index is 0.297. The largest absolute Gasteiger partial charge is 0.396 e. The van der Waals surface area contributed by atoms with Crippen LogP contribution in [0.5, 0.6) is 0 Å². The number of rotatable bonds is 6. The number of unbranched alkanes of at least 4 members (excludes halogenated alkanes) is 1. The van der Waals surface area contributed by atoms with Crippen LogP contribution in [-0.4, -0.2) is 18.3 Å². The fourth-order valence-corrected chi connectivity index (χ4v) is 2.75. The SMILES string of the molecule is Cc1sc(CNCCCCO)cc1Br. The van der Waals surface area contributed by atoms with Crippen molar-refractivity contribution in [3.8, 4) is 0 Å². The van der Waals surface area contributed by atoms with E-state index in [1.165, 1.54) is 14.2 Å². The van der Waals surface area contributed by atoms with Gasteiger partial charge in [0.25, 0.3) is 0 Å². The standard InChI is InChI=1S/C10H16BrNOS/c1-8-10(11)6-9(14-8)7-12-4-2-3-5-13/h6,12-13H,2-5,7H2,1H3. The molecule has 0 spiro atoms. The van der Waals surface area contributed by atoms with Crippen LogP contribution < -0.4 is 5.32 Å². The Bertz CT molecular complexity index is 256. The van der Waals surface area contributed by atoms with Crippen molar-refractivity contribution in [3.05, 3.63) is 20.3 Å². The van der Waals surface area contributed by atoms with Gasteiger partial charge in [0.1, 0.15) is 0 Å². The first-order valence-electron chi connectivity index (χ1n) is 4.80. The second-order valence-electron chi connectivity index (χ2n) is 3.22. The van der Waals surface area contributed by atoms with Crippen molar-refractivity contribution in [1.29, 1.82) is 0 Å². The molecular formula is C10H16BrNOS. The van der Waals surface area contributed by atoms with Crippen molar-refractivity contribution in [2.45, 2.75) is 26.3 Å². The van der Waals surface area contributed by atoms with Crippen molar-refractivity contribution >= 4 is 27.3 Å². The molecule has 1 aromatic rings. The van der Waals surface area contributed by atoms with Gasteiger partial charge in [0, 0.05) is 27.4 Å². The summed E-state index contributed by atoms with van der Waals surface area (Å²) in [5.41, 5.74) is 0. The van der Waals surface area contributed by atoms with Gasteiger partial charge in [0.2, 0.25) is 0 Å². The third-order valence-electron chi connectivity index (χ3n) is 1.97. The Balaban J connectivity index is 2.18. The highest BCUT2D eigenvalue weighted by atomic mass is 79.9. The molecule has 0 aliphatic heterocycles. The molecule has 0 unspecified atom stereocenters. The van der Waals surface area contributed by atoms with Crippen LogP contribution in [0.15, 0.2) is 10.5 Å². The fraction of sp³-hybridized carbons (Fsp3) is 0.600. The molecule has 0 aliphatic carbocycles. The van der Waals surface area contributed by atoms with Crippen LogP contribution in [0.2, 0.25) is 0 Å². The minimum Gasteiger partial charge on any atom is -0.396 e. The molecule has 14 heavy (non-hydrogen) atoms. The predicted octanol–water partition coefficient (Wildman–Crippen LogP) is 2.68. The van der Waals surface area contributed by atoms with E-state index < -0.39 is 0 Å². The van der Waals surface area contributed by atoms with Gasteiger partial charge < -0.3 is 10.4 Å². The van der Waals surface area contributed by atoms with Crippen LogP contribution in [0.4, 0.5) is 0 Å². The summed E-state index contributed by atoms with van der Waals surface area (Å²) in [6.45, 7) is 4.33. The normalized spacial score (nSPS) is 10.8. The topological polar surface area (TPSA) is 32.3 Å². The molecule has 1 heterocycles. The highest BCUT2D eigenvalue weighted by Gasteiger charge is 2.01. The lowest BCUT2D eigenvalue weighted by atomic mass is 10.3. The molecule has 2 N–H and O–H groups in total. The summed E-state index contributed by atoms with van der Waals surface area (Å²) in [6, 6.07) is 2.17. The maximum absolute atomic E-state index is 8.59. The monoisotopic (exact) mass is 277 g/mol. The molecule has 2 nitrogen and oxygen atoms in total. The van der Waals surface area contributed by atoms with Crippen LogP contribution in [0.25, 0.3) is 0 Å². The summed E-state index contributed by atoms with van der Waals surface area (Å²) in [6.07, 6.45) is 1.93. The molecule has 0 saturated carbocycles. The van der Waals surface area contributed by atoms with Crippen LogP contribution in [0.1, 0.15) is 22.6 Å². The predicted molar refractivity (Wildman–Crippen MR) is 64.8 cm³/mol. The van der Waals surface area contributed by atoms with Crippen LogP contribution in [0, 0.1) is 6.92 Å². The Kier molecular flexibility index (Phi) is 5.70. The van der Waals surface area contributed by atoms with E-state index in [4.69, 9.17) is 5.11 Å². The lowest BCUT2D eigenvalue weighted by Gasteiger charge is -2.00. The molecule has 0 atom stereocenters. The van der Waals surface area contributed by atoms with E-state index in [1.807, 2.05) is 11.3 Å². The smallest absolute Gasteiger partial charge is 0.0431 e. The van der Waals surface area contributed by atoms with E-state index in [2.05, 4.69) is 34.2 Å². The number of halogens is 1. The minimum absolute atomic E-state index is 0.297. The van der Waals surface area contributed by atoms with Crippen LogP contribution in [0.3, 0.4) is 0 Å². The zero-order chi connectivity index (χ0) is 10.4. The van der Waals surface area contributed by atoms with Gasteiger partial charge in [-0.25, -0.2) is 0 Å². The second-order valence-corrected chi connectivity index (χ2v) is 5.42. The molecule has 1 aromatic heterocycles. The van der Waals surface area contributed by atoms with Gasteiger partial charge in [-0.15, -0.1) is 11.3 Å². The van der Waals surface area contributed by atoms with E-state index in [1.54, 1.807) is 0 Å². The summed E-state index contributed by atoms with van der Waals surface area (Å²) >= 11 is 5.32. The Morgan fingerprint density at radius 3 is 2.86 bits per heavy atom. The molecular weight excluding hydrogens is 262 g/mol. The van der Waals surface area contributed by atoms with Crippen molar-refractivity contribution in [1.82, 2.24) is 5.32 Å². The summed E-state index contributed by atoms with van der Waals surface area (Å²) in [5.74, 6) is 0. The highest BCUT2D eigenvalue weighted by molar-refractivity contribution is 9.10. The first kappa shape index (κ1) is 12.2. The van der Waals surface area contributed by atoms with Gasteiger partial charge >= 0.3 is 0 Å². The van der Waals surface area contributed by atoms with Crippen molar-refractivity contribution in [2.24, 2.45) is 0 Å². The summed E-state index contributed by atoms with van der Waals surface area (Å²) in [4.78, 5) is 2.69. The lowest BCUT2D eigenvalue weighted by Crippen LogP contribution is -2.14. The average molecular weight is 278 g/mol. The number of aliphatic hydroxyl groups excluding tert-OH is 1. The summed E-state index contributed by atoms with van der Waals surface area (Å²) < 4.78 is 1.20. The van der Waals surface area contributed by atoms with E-state index in [0.29, 0.717) is 6.61 Å². The summed E-state index contributed by atoms with van der Waals surface area (Å²) in [7, 11) is 0. The Hall–Kier alpha value is 0.100. The van der Waals surface area contributed by atoms with Crippen LogP contribution >= 0.6 is 27.3 Å². The van der Waals surface area contributed by atoms with Gasteiger partial charge in [-0.2, -0.15) is 0 Å². The molecule has 0 fully saturated rings. The van der Waals surface area contributed by atoms with Gasteiger partial charge in [0.05, 0.1) is 0 Å². The first-order chi connectivity index (χ1) is 6.74. The second kappa shape index (κ2) is 6.56. The van der Waals surface area contributed by atoms with Gasteiger partial charge in [-0.05, 0) is 48.3 Å². The quantitative estimate of drug-likeness (QED) is 0.784. The third kappa shape index (κ3) is 4.09. The molecule has 0 radical (unpaired) electrons. The molecule has 0 aliphatic rings.